The zero-order chi connectivity index (χ0) is 14.9. The molecule has 1 heterocycles. The molecule has 0 amide bonds. The topological polar surface area (TPSA) is 74.8 Å². The van der Waals surface area contributed by atoms with Gasteiger partial charge >= 0.3 is 0 Å². The van der Waals surface area contributed by atoms with Crippen molar-refractivity contribution in [3.8, 4) is 0 Å². The second kappa shape index (κ2) is 5.48. The summed E-state index contributed by atoms with van der Waals surface area (Å²) >= 11 is 5.81. The Labute approximate surface area is 127 Å². The average molecular weight is 322 g/mol. The first-order valence-corrected chi connectivity index (χ1v) is 8.09. The quantitative estimate of drug-likeness (QED) is 0.775. The van der Waals surface area contributed by atoms with E-state index in [-0.39, 0.29) is 11.4 Å². The first-order chi connectivity index (χ1) is 10.0. The molecule has 0 radical (unpaired) electrons. The van der Waals surface area contributed by atoms with Crippen molar-refractivity contribution in [3.63, 3.8) is 0 Å². The van der Waals surface area contributed by atoms with Crippen molar-refractivity contribution < 1.29 is 8.42 Å². The van der Waals surface area contributed by atoms with E-state index in [9.17, 15) is 8.42 Å². The summed E-state index contributed by atoms with van der Waals surface area (Å²) < 4.78 is 26.8. The van der Waals surface area contributed by atoms with Gasteiger partial charge < -0.3 is 4.98 Å². The lowest BCUT2D eigenvalue weighted by Crippen LogP contribution is -2.23. The first kappa shape index (κ1) is 14.1. The maximum atomic E-state index is 12.2. The van der Waals surface area contributed by atoms with Crippen LogP contribution in [-0.4, -0.2) is 18.4 Å². The molecule has 0 saturated carbocycles. The minimum Gasteiger partial charge on any atom is -0.341 e. The van der Waals surface area contributed by atoms with Crippen LogP contribution in [0.4, 0.5) is 0 Å². The second-order valence-corrected chi connectivity index (χ2v) is 6.69. The minimum atomic E-state index is -3.61. The molecule has 0 aliphatic heterocycles. The van der Waals surface area contributed by atoms with Crippen LogP contribution >= 0.6 is 11.6 Å². The molecule has 3 rings (SSSR count). The summed E-state index contributed by atoms with van der Waals surface area (Å²) in [7, 11) is -3.61. The monoisotopic (exact) mass is 321 g/mol. The Morgan fingerprint density at radius 1 is 1.14 bits per heavy atom. The van der Waals surface area contributed by atoms with Crippen molar-refractivity contribution in [1.82, 2.24) is 14.7 Å². The third kappa shape index (κ3) is 3.07. The van der Waals surface area contributed by atoms with Crippen molar-refractivity contribution >= 4 is 32.7 Å². The summed E-state index contributed by atoms with van der Waals surface area (Å²) in [6, 6.07) is 13.6. The number of aromatic amines is 1. The number of para-hydroxylation sites is 2. The molecule has 1 aromatic heterocycles. The predicted octanol–water partition coefficient (Wildman–Crippen LogP) is 2.69. The van der Waals surface area contributed by atoms with Crippen LogP contribution in [0.15, 0.2) is 53.4 Å². The van der Waals surface area contributed by atoms with E-state index < -0.39 is 10.0 Å². The molecule has 0 aliphatic carbocycles. The molecule has 7 heteroatoms. The van der Waals surface area contributed by atoms with Crippen molar-refractivity contribution in [2.24, 2.45) is 0 Å². The van der Waals surface area contributed by atoms with Gasteiger partial charge in [-0.25, -0.2) is 18.1 Å². The van der Waals surface area contributed by atoms with Crippen molar-refractivity contribution in [2.75, 3.05) is 0 Å². The third-order valence-corrected chi connectivity index (χ3v) is 4.61. The molecule has 0 fully saturated rings. The molecule has 0 spiro atoms. The van der Waals surface area contributed by atoms with Gasteiger partial charge in [-0.05, 0) is 30.3 Å². The SMILES string of the molecule is O=S(=O)(NCc1nc2ccccc2[nH]1)c1cccc(Cl)c1. The van der Waals surface area contributed by atoms with E-state index in [0.29, 0.717) is 10.8 Å². The Morgan fingerprint density at radius 2 is 1.95 bits per heavy atom. The fraction of sp³-hybridized carbons (Fsp3) is 0.0714. The van der Waals surface area contributed by atoms with Crippen LogP contribution in [0.5, 0.6) is 0 Å². The van der Waals surface area contributed by atoms with Gasteiger partial charge in [-0.2, -0.15) is 0 Å². The molecule has 0 atom stereocenters. The van der Waals surface area contributed by atoms with E-state index in [1.165, 1.54) is 12.1 Å². The van der Waals surface area contributed by atoms with Crippen LogP contribution in [0, 0.1) is 0 Å². The molecular weight excluding hydrogens is 310 g/mol. The first-order valence-electron chi connectivity index (χ1n) is 6.23. The van der Waals surface area contributed by atoms with Gasteiger partial charge in [0, 0.05) is 5.02 Å². The van der Waals surface area contributed by atoms with Gasteiger partial charge in [-0.15, -0.1) is 0 Å². The third-order valence-electron chi connectivity index (χ3n) is 2.97. The zero-order valence-electron chi connectivity index (χ0n) is 10.9. The summed E-state index contributed by atoms with van der Waals surface area (Å²) in [5, 5.41) is 0.376. The Morgan fingerprint density at radius 3 is 2.71 bits per heavy atom. The molecular formula is C14H12ClN3O2S. The number of aromatic nitrogens is 2. The summed E-state index contributed by atoms with van der Waals surface area (Å²) in [4.78, 5) is 7.52. The van der Waals surface area contributed by atoms with Gasteiger partial charge in [-0.1, -0.05) is 29.8 Å². The van der Waals surface area contributed by atoms with Gasteiger partial charge in [0.1, 0.15) is 5.82 Å². The number of nitrogens with zero attached hydrogens (tertiary/aromatic N) is 1. The van der Waals surface area contributed by atoms with Crippen LogP contribution in [0.3, 0.4) is 0 Å². The second-order valence-electron chi connectivity index (χ2n) is 4.48. The van der Waals surface area contributed by atoms with Gasteiger partial charge in [0.15, 0.2) is 0 Å². The molecule has 108 valence electrons. The molecule has 5 nitrogen and oxygen atoms in total. The van der Waals surface area contributed by atoms with E-state index in [4.69, 9.17) is 11.6 Å². The molecule has 0 aliphatic rings. The average Bonchev–Trinajstić information content (AvgIpc) is 2.88. The number of H-pyrrole nitrogens is 1. The number of fused-ring (bicyclic) bond motifs is 1. The fourth-order valence-electron chi connectivity index (χ4n) is 1.97. The molecule has 3 aromatic rings. The Hall–Kier alpha value is -1.89. The maximum Gasteiger partial charge on any atom is 0.241 e. The van der Waals surface area contributed by atoms with Crippen molar-refractivity contribution in [3.05, 3.63) is 59.4 Å². The lowest BCUT2D eigenvalue weighted by atomic mass is 10.3. The van der Waals surface area contributed by atoms with Gasteiger partial charge in [0.25, 0.3) is 0 Å². The fourth-order valence-corrected chi connectivity index (χ4v) is 3.26. The Kier molecular flexibility index (Phi) is 3.67. The van der Waals surface area contributed by atoms with Crippen LogP contribution in [0.1, 0.15) is 5.82 Å². The summed E-state index contributed by atoms with van der Waals surface area (Å²) in [6.07, 6.45) is 0. The Bertz CT molecular complexity index is 857. The molecule has 0 saturated heterocycles. The Balaban J connectivity index is 1.80. The lowest BCUT2D eigenvalue weighted by Gasteiger charge is -2.05. The highest BCUT2D eigenvalue weighted by atomic mass is 35.5. The molecule has 21 heavy (non-hydrogen) atoms. The molecule has 0 unspecified atom stereocenters. The van der Waals surface area contributed by atoms with Crippen LogP contribution in [-0.2, 0) is 16.6 Å². The van der Waals surface area contributed by atoms with E-state index in [0.717, 1.165) is 11.0 Å². The van der Waals surface area contributed by atoms with Crippen molar-refractivity contribution in [2.45, 2.75) is 11.4 Å². The number of hydrogen-bond donors (Lipinski definition) is 2. The standard InChI is InChI=1S/C14H12ClN3O2S/c15-10-4-3-5-11(8-10)21(19,20)16-9-14-17-12-6-1-2-7-13(12)18-14/h1-8,16H,9H2,(H,17,18). The van der Waals surface area contributed by atoms with Crippen LogP contribution in [0.25, 0.3) is 11.0 Å². The number of halogens is 1. The van der Waals surface area contributed by atoms with Gasteiger partial charge in [-0.3, -0.25) is 0 Å². The summed E-state index contributed by atoms with van der Waals surface area (Å²) in [5.74, 6) is 0.557. The number of nitrogens with one attached hydrogen (secondary N) is 2. The highest BCUT2D eigenvalue weighted by Gasteiger charge is 2.14. The molecule has 2 aromatic carbocycles. The van der Waals surface area contributed by atoms with E-state index in [2.05, 4.69) is 14.7 Å². The zero-order valence-corrected chi connectivity index (χ0v) is 12.4. The molecule has 0 bridgehead atoms. The van der Waals surface area contributed by atoms with E-state index in [1.54, 1.807) is 12.1 Å². The van der Waals surface area contributed by atoms with Gasteiger partial charge in [0.05, 0.1) is 22.5 Å². The largest absolute Gasteiger partial charge is 0.341 e. The highest BCUT2D eigenvalue weighted by Crippen LogP contribution is 2.16. The van der Waals surface area contributed by atoms with Crippen molar-refractivity contribution in [1.29, 1.82) is 0 Å². The normalized spacial score (nSPS) is 11.9. The van der Waals surface area contributed by atoms with E-state index >= 15 is 0 Å². The lowest BCUT2D eigenvalue weighted by molar-refractivity contribution is 0.579. The summed E-state index contributed by atoms with van der Waals surface area (Å²) in [6.45, 7) is 0.0868. The number of hydrogen-bond acceptors (Lipinski definition) is 3. The summed E-state index contributed by atoms with van der Waals surface area (Å²) in [5.41, 5.74) is 1.67. The van der Waals surface area contributed by atoms with Crippen LogP contribution < -0.4 is 4.72 Å². The highest BCUT2D eigenvalue weighted by molar-refractivity contribution is 7.89. The van der Waals surface area contributed by atoms with Crippen LogP contribution in [0.2, 0.25) is 5.02 Å². The smallest absolute Gasteiger partial charge is 0.241 e. The van der Waals surface area contributed by atoms with E-state index in [1.807, 2.05) is 24.3 Å². The minimum absolute atomic E-state index is 0.0868. The molecule has 2 N–H and O–H groups in total. The number of rotatable bonds is 4. The maximum absolute atomic E-state index is 12.2. The van der Waals surface area contributed by atoms with Gasteiger partial charge in [0.2, 0.25) is 10.0 Å². The number of sulfonamides is 1. The number of benzene rings is 2. The predicted molar refractivity (Wildman–Crippen MR) is 81.6 cm³/mol. The number of imidazole rings is 1.